The van der Waals surface area contributed by atoms with E-state index in [0.29, 0.717) is 6.61 Å². The van der Waals surface area contributed by atoms with Crippen LogP contribution < -0.4 is 10.1 Å². The Kier molecular flexibility index (Phi) is 13.3. The van der Waals surface area contributed by atoms with Crippen LogP contribution in [0.1, 0.15) is 18.4 Å². The molecule has 0 saturated heterocycles. The monoisotopic (exact) mass is 551 g/mol. The molecule has 0 amide bonds. The molecule has 0 aliphatic rings. The first-order valence-electron chi connectivity index (χ1n) is 7.44. The fourth-order valence-electron chi connectivity index (χ4n) is 2.02. The van der Waals surface area contributed by atoms with E-state index in [4.69, 9.17) is 9.84 Å². The zero-order valence-electron chi connectivity index (χ0n) is 13.6. The molecule has 0 aliphatic carbocycles. The number of aryl methyl sites for hydroxylation is 2. The summed E-state index contributed by atoms with van der Waals surface area (Å²) >= 11 is 0. The van der Waals surface area contributed by atoms with Crippen molar-refractivity contribution in [2.45, 2.75) is 25.8 Å². The molecule has 1 aromatic heterocycles. The maximum atomic E-state index is 10.3. The summed E-state index contributed by atoms with van der Waals surface area (Å²) in [4.78, 5) is 10.3. The molecule has 135 valence electrons. The van der Waals surface area contributed by atoms with E-state index in [9.17, 15) is 4.79 Å². The van der Waals surface area contributed by atoms with E-state index < -0.39 is 5.97 Å². The molecule has 0 unspecified atom stereocenters. The summed E-state index contributed by atoms with van der Waals surface area (Å²) < 4.78 is 7.30. The number of carboxylic acid groups (broad SMARTS) is 1. The van der Waals surface area contributed by atoms with Gasteiger partial charge < -0.3 is 15.2 Å². The summed E-state index contributed by atoms with van der Waals surface area (Å²) in [6.07, 6.45) is 6.71. The van der Waals surface area contributed by atoms with Gasteiger partial charge in [-0.05, 0) is 43.6 Å². The van der Waals surface area contributed by atoms with Crippen LogP contribution in [0.4, 0.5) is 0 Å². The molecule has 9 heteroatoms. The van der Waals surface area contributed by atoms with E-state index in [2.05, 4.69) is 15.6 Å². The van der Waals surface area contributed by atoms with Gasteiger partial charge in [-0.2, -0.15) is 0 Å². The van der Waals surface area contributed by atoms with Crippen molar-refractivity contribution < 1.29 is 54.3 Å². The number of nitrogens with zero attached hydrogens (tertiary/aromatic N) is 3. The predicted molar refractivity (Wildman–Crippen MR) is 84.3 cm³/mol. The number of nitrogens with one attached hydrogen (secondary N) is 1. The van der Waals surface area contributed by atoms with Gasteiger partial charge in [0.25, 0.3) is 0 Å². The quantitative estimate of drug-likeness (QED) is 0.327. The van der Waals surface area contributed by atoms with Gasteiger partial charge in [0.2, 0.25) is 0 Å². The van der Waals surface area contributed by atoms with Crippen LogP contribution in [0.5, 0.6) is 5.75 Å². The second-order valence-corrected chi connectivity index (χ2v) is 4.93. The van der Waals surface area contributed by atoms with E-state index in [1.165, 1.54) is 12.1 Å². The van der Waals surface area contributed by atoms with Gasteiger partial charge in [-0.1, -0.05) is 17.3 Å². The van der Waals surface area contributed by atoms with E-state index in [-0.39, 0.29) is 39.6 Å². The second-order valence-electron chi connectivity index (χ2n) is 4.93. The minimum Gasteiger partial charge on any atom is -0.594 e. The topological polar surface area (TPSA) is 89.3 Å². The number of ether oxygens (including phenoxy) is 1. The fourth-order valence-corrected chi connectivity index (χ4v) is 2.02. The van der Waals surface area contributed by atoms with E-state index in [0.717, 1.165) is 38.1 Å². The van der Waals surface area contributed by atoms with Gasteiger partial charge >= 0.3 is 0 Å². The zero-order chi connectivity index (χ0) is 16.3. The summed E-state index contributed by atoms with van der Waals surface area (Å²) in [5.74, 6) is -0.265. The van der Waals surface area contributed by atoms with Crippen molar-refractivity contribution in [3.05, 3.63) is 55.3 Å². The average molecular weight is 551 g/mol. The van der Waals surface area contributed by atoms with Gasteiger partial charge in [0.05, 0.1) is 6.20 Å². The number of carboxylic acids is 1. The van der Waals surface area contributed by atoms with Crippen LogP contribution in [0.3, 0.4) is 0 Å². The summed E-state index contributed by atoms with van der Waals surface area (Å²) in [5, 5.41) is 18.6. The number of unbranched alkanes of at least 4 members (excludes halogenated alkanes) is 1. The molecule has 2 aromatic rings. The summed E-state index contributed by atoms with van der Waals surface area (Å²) in [5.41, 5.74) is 1.26. The van der Waals surface area contributed by atoms with Gasteiger partial charge in [-0.25, -0.2) is 0 Å². The molecule has 1 radical (unpaired) electrons. The fraction of sp³-hybridized carbons (Fsp3) is 0.312. The molecular formula is C16H20N4O3VW-2. The molecule has 0 saturated carbocycles. The van der Waals surface area contributed by atoms with Crippen molar-refractivity contribution in [1.82, 2.24) is 20.3 Å². The third kappa shape index (κ3) is 10.3. The van der Waals surface area contributed by atoms with Crippen LogP contribution in [0, 0.1) is 13.1 Å². The second kappa shape index (κ2) is 14.0. The van der Waals surface area contributed by atoms with Crippen molar-refractivity contribution in [3.63, 3.8) is 0 Å². The number of rotatable bonds is 11. The number of benzene rings is 1. The van der Waals surface area contributed by atoms with Crippen LogP contribution in [0.15, 0.2) is 36.7 Å². The maximum Gasteiger partial charge on any atom is 0.174 e. The van der Waals surface area contributed by atoms with Crippen molar-refractivity contribution in [3.8, 4) is 5.75 Å². The first-order chi connectivity index (χ1) is 11.2. The minimum atomic E-state index is -1.02. The predicted octanol–water partition coefficient (Wildman–Crippen LogP) is 1.67. The Morgan fingerprint density at radius 2 is 2.04 bits per heavy atom. The van der Waals surface area contributed by atoms with Gasteiger partial charge in [-0.15, -0.1) is 5.10 Å². The Bertz CT molecular complexity index is 582. The molecule has 2 N–H and O–H groups in total. The Hall–Kier alpha value is -1.27. The standard InChI is InChI=1S/C16H20N4O3.V.W/c21-16(22)13-17-9-12-23-15-6-4-14(5-7-15)3-1-2-10-20-11-8-18-19-20;;/h4-9,11,13,17H,1-3,10,12H2,(H,21,22);;/q-2;;. The Balaban J connectivity index is 0.00000288. The molecule has 1 aromatic carbocycles. The number of aliphatic carboxylic acids is 1. The Morgan fingerprint density at radius 1 is 1.28 bits per heavy atom. The van der Waals surface area contributed by atoms with Gasteiger partial charge in [0, 0.05) is 52.4 Å². The van der Waals surface area contributed by atoms with Crippen molar-refractivity contribution in [2.75, 3.05) is 6.61 Å². The molecule has 0 atom stereocenters. The zero-order valence-corrected chi connectivity index (χ0v) is 17.9. The maximum absolute atomic E-state index is 10.3. The first-order valence-corrected chi connectivity index (χ1v) is 7.44. The third-order valence-corrected chi connectivity index (χ3v) is 3.16. The molecule has 1 heterocycles. The van der Waals surface area contributed by atoms with Crippen molar-refractivity contribution >= 4 is 5.97 Å². The van der Waals surface area contributed by atoms with E-state index in [1.807, 2.05) is 35.1 Å². The normalized spacial score (nSPS) is 9.60. The van der Waals surface area contributed by atoms with Crippen LogP contribution in [0.25, 0.3) is 0 Å². The Labute approximate surface area is 173 Å². The molecule has 0 aliphatic heterocycles. The smallest absolute Gasteiger partial charge is 0.174 e. The van der Waals surface area contributed by atoms with Gasteiger partial charge in [0.15, 0.2) is 5.97 Å². The van der Waals surface area contributed by atoms with Crippen LogP contribution >= 0.6 is 0 Å². The molecule has 0 bridgehead atoms. The summed E-state index contributed by atoms with van der Waals surface area (Å²) in [6.45, 7) is 3.66. The number of carbonyl (C=O) groups is 1. The molecular weight excluding hydrogens is 531 g/mol. The van der Waals surface area contributed by atoms with Crippen LogP contribution in [-0.4, -0.2) is 32.7 Å². The largest absolute Gasteiger partial charge is 0.594 e. The summed E-state index contributed by atoms with van der Waals surface area (Å²) in [7, 11) is 0. The molecule has 0 spiro atoms. The first kappa shape index (κ1) is 23.7. The van der Waals surface area contributed by atoms with Crippen LogP contribution in [-0.2, 0) is 57.4 Å². The third-order valence-electron chi connectivity index (χ3n) is 3.16. The number of hydrogen-bond acceptors (Lipinski definition) is 5. The van der Waals surface area contributed by atoms with E-state index in [1.54, 1.807) is 6.20 Å². The number of hydrogen-bond donors (Lipinski definition) is 2. The minimum absolute atomic E-state index is 0. The van der Waals surface area contributed by atoms with Crippen molar-refractivity contribution in [2.24, 2.45) is 0 Å². The average Bonchev–Trinajstić information content (AvgIpc) is 3.06. The number of aromatic nitrogens is 3. The van der Waals surface area contributed by atoms with E-state index >= 15 is 0 Å². The Morgan fingerprint density at radius 3 is 2.68 bits per heavy atom. The molecule has 0 fully saturated rings. The van der Waals surface area contributed by atoms with Crippen LogP contribution in [0.2, 0.25) is 0 Å². The van der Waals surface area contributed by atoms with Crippen molar-refractivity contribution in [1.29, 1.82) is 0 Å². The molecule has 7 nitrogen and oxygen atoms in total. The SMILES string of the molecule is O=C(O)[CH-]N[CH-]COc1ccc(CCCCn2ccnn2)cc1.[V].[W]. The molecule has 2 rings (SSSR count). The molecule has 25 heavy (non-hydrogen) atoms. The summed E-state index contributed by atoms with van der Waals surface area (Å²) in [6, 6.07) is 7.92. The van der Waals surface area contributed by atoms with Gasteiger partial charge in [-0.3, -0.25) is 22.6 Å². The van der Waals surface area contributed by atoms with Gasteiger partial charge in [0.1, 0.15) is 5.75 Å².